The van der Waals surface area contributed by atoms with Gasteiger partial charge in [-0.2, -0.15) is 0 Å². The lowest BCUT2D eigenvalue weighted by molar-refractivity contribution is -0.130. The lowest BCUT2D eigenvalue weighted by Crippen LogP contribution is -2.44. The first-order valence-corrected chi connectivity index (χ1v) is 10.2. The molecule has 0 bridgehead atoms. The highest BCUT2D eigenvalue weighted by Gasteiger charge is 2.48. The number of nitrogens with zero attached hydrogens (tertiary/aromatic N) is 2. The Labute approximate surface area is 177 Å². The van der Waals surface area contributed by atoms with Crippen LogP contribution in [0.15, 0.2) is 77.7 Å². The summed E-state index contributed by atoms with van der Waals surface area (Å²) in [7, 11) is 0. The van der Waals surface area contributed by atoms with Crippen molar-refractivity contribution in [1.82, 2.24) is 4.90 Å². The van der Waals surface area contributed by atoms with Gasteiger partial charge in [0.25, 0.3) is 11.8 Å². The van der Waals surface area contributed by atoms with Crippen molar-refractivity contribution in [1.29, 1.82) is 0 Å². The summed E-state index contributed by atoms with van der Waals surface area (Å²) in [6, 6.07) is 17.5. The van der Waals surface area contributed by atoms with Crippen molar-refractivity contribution in [2.75, 3.05) is 4.90 Å². The first-order chi connectivity index (χ1) is 14.1. The molecule has 7 heteroatoms. The molecular formula is C22H16N2O3S2. The van der Waals surface area contributed by atoms with E-state index in [1.165, 1.54) is 4.90 Å². The molecule has 0 N–H and O–H groups in total. The molecule has 2 heterocycles. The molecule has 2 fully saturated rings. The third-order valence-corrected chi connectivity index (χ3v) is 5.96. The number of hydrogen-bond donors (Lipinski definition) is 0. The van der Waals surface area contributed by atoms with E-state index in [1.54, 1.807) is 36.4 Å². The van der Waals surface area contributed by atoms with E-state index in [0.29, 0.717) is 10.6 Å². The number of thioether (sulfide) groups is 1. The Morgan fingerprint density at radius 2 is 1.62 bits per heavy atom. The first-order valence-electron chi connectivity index (χ1n) is 8.97. The number of rotatable bonds is 4. The molecule has 1 unspecified atom stereocenters. The Morgan fingerprint density at radius 1 is 0.966 bits per heavy atom. The van der Waals surface area contributed by atoms with Gasteiger partial charge < -0.3 is 0 Å². The number of carbonyl (C=O) groups excluding carboxylic acids is 3. The number of hydrogen-bond acceptors (Lipinski definition) is 5. The minimum atomic E-state index is -0.904. The van der Waals surface area contributed by atoms with Crippen LogP contribution in [0.25, 0.3) is 6.08 Å². The van der Waals surface area contributed by atoms with E-state index in [9.17, 15) is 14.4 Å². The van der Waals surface area contributed by atoms with Crippen molar-refractivity contribution in [2.45, 2.75) is 12.5 Å². The summed E-state index contributed by atoms with van der Waals surface area (Å²) in [6.07, 6.45) is 5.27. The highest BCUT2D eigenvalue weighted by Crippen LogP contribution is 2.36. The van der Waals surface area contributed by atoms with Crippen LogP contribution in [0.3, 0.4) is 0 Å². The van der Waals surface area contributed by atoms with E-state index >= 15 is 0 Å². The van der Waals surface area contributed by atoms with Crippen molar-refractivity contribution in [3.8, 4) is 0 Å². The number of thiocarbonyl (C=S) groups is 1. The van der Waals surface area contributed by atoms with E-state index in [1.807, 2.05) is 42.5 Å². The van der Waals surface area contributed by atoms with E-state index in [2.05, 4.69) is 0 Å². The van der Waals surface area contributed by atoms with Crippen LogP contribution in [0.4, 0.5) is 5.69 Å². The van der Waals surface area contributed by atoms with Gasteiger partial charge in [0.1, 0.15) is 10.4 Å². The van der Waals surface area contributed by atoms with Crippen molar-refractivity contribution < 1.29 is 14.4 Å². The summed E-state index contributed by atoms with van der Waals surface area (Å²) < 4.78 is 0.287. The molecule has 2 saturated heterocycles. The lowest BCUT2D eigenvalue weighted by Gasteiger charge is -2.21. The molecule has 5 nitrogen and oxygen atoms in total. The molecule has 2 aliphatic heterocycles. The fourth-order valence-electron chi connectivity index (χ4n) is 3.24. The topological polar surface area (TPSA) is 57.7 Å². The number of anilines is 1. The normalized spacial score (nSPS) is 21.2. The zero-order valence-electron chi connectivity index (χ0n) is 15.2. The van der Waals surface area contributed by atoms with Crippen LogP contribution in [-0.4, -0.2) is 33.0 Å². The molecule has 2 aromatic rings. The quantitative estimate of drug-likeness (QED) is 0.428. The second-order valence-electron chi connectivity index (χ2n) is 6.47. The molecule has 2 aliphatic rings. The molecule has 3 amide bonds. The van der Waals surface area contributed by atoms with Gasteiger partial charge in [0.2, 0.25) is 5.91 Å². The standard InChI is InChI=1S/C22H16N2O3S2/c25-19-14-17(20(26)23(19)16-11-5-2-6-12-16)24-21(27)18(29-22(24)28)13-7-10-15-8-3-1-4-9-15/h1-13,17H,14H2. The number of imide groups is 1. The third kappa shape index (κ3) is 3.79. The highest BCUT2D eigenvalue weighted by molar-refractivity contribution is 8.26. The van der Waals surface area contributed by atoms with Crippen LogP contribution in [0.5, 0.6) is 0 Å². The number of para-hydroxylation sites is 1. The summed E-state index contributed by atoms with van der Waals surface area (Å²) in [5.41, 5.74) is 1.51. The molecule has 144 valence electrons. The van der Waals surface area contributed by atoms with Crippen molar-refractivity contribution in [3.05, 3.63) is 83.3 Å². The van der Waals surface area contributed by atoms with E-state index < -0.39 is 11.9 Å². The zero-order valence-corrected chi connectivity index (χ0v) is 16.9. The number of allylic oxidation sites excluding steroid dienone is 2. The van der Waals surface area contributed by atoms with E-state index in [4.69, 9.17) is 12.2 Å². The van der Waals surface area contributed by atoms with Crippen LogP contribution in [-0.2, 0) is 14.4 Å². The predicted octanol–water partition coefficient (Wildman–Crippen LogP) is 3.78. The molecule has 0 aromatic heterocycles. The van der Waals surface area contributed by atoms with Crippen molar-refractivity contribution in [2.24, 2.45) is 0 Å². The molecule has 0 saturated carbocycles. The van der Waals surface area contributed by atoms with Crippen LogP contribution in [0, 0.1) is 0 Å². The van der Waals surface area contributed by atoms with E-state index in [-0.39, 0.29) is 22.6 Å². The molecular weight excluding hydrogens is 404 g/mol. The molecule has 0 aliphatic carbocycles. The average Bonchev–Trinajstić information content (AvgIpc) is 3.17. The molecule has 1 atom stereocenters. The summed E-state index contributed by atoms with van der Waals surface area (Å²) in [6.45, 7) is 0. The van der Waals surface area contributed by atoms with Gasteiger partial charge >= 0.3 is 0 Å². The van der Waals surface area contributed by atoms with Gasteiger partial charge in [-0.25, -0.2) is 4.90 Å². The fraction of sp³-hybridized carbons (Fsp3) is 0.0909. The van der Waals surface area contributed by atoms with Crippen molar-refractivity contribution in [3.63, 3.8) is 0 Å². The van der Waals surface area contributed by atoms with Gasteiger partial charge in [0, 0.05) is 0 Å². The Hall–Kier alpha value is -3.03. The van der Waals surface area contributed by atoms with Gasteiger partial charge in [0.15, 0.2) is 0 Å². The second kappa shape index (κ2) is 8.14. The summed E-state index contributed by atoms with van der Waals surface area (Å²) in [5.74, 6) is -1.12. The second-order valence-corrected chi connectivity index (χ2v) is 8.14. The minimum Gasteiger partial charge on any atom is -0.280 e. The number of amides is 3. The number of carbonyl (C=O) groups is 3. The van der Waals surface area contributed by atoms with Gasteiger partial charge in [-0.3, -0.25) is 19.3 Å². The van der Waals surface area contributed by atoms with Gasteiger partial charge in [-0.1, -0.05) is 84.7 Å². The summed E-state index contributed by atoms with van der Waals surface area (Å²) >= 11 is 6.48. The lowest BCUT2D eigenvalue weighted by atomic mass is 10.2. The van der Waals surface area contributed by atoms with Crippen LogP contribution in [0.2, 0.25) is 0 Å². The maximum atomic E-state index is 12.9. The molecule has 29 heavy (non-hydrogen) atoms. The fourth-order valence-corrected chi connectivity index (χ4v) is 4.55. The first kappa shape index (κ1) is 19.3. The zero-order chi connectivity index (χ0) is 20.4. The van der Waals surface area contributed by atoms with Gasteiger partial charge in [0.05, 0.1) is 17.0 Å². The maximum Gasteiger partial charge on any atom is 0.266 e. The number of benzene rings is 2. The largest absolute Gasteiger partial charge is 0.280 e. The summed E-state index contributed by atoms with van der Waals surface area (Å²) in [4.78, 5) is 41.1. The Bertz CT molecular complexity index is 1050. The minimum absolute atomic E-state index is 0.0761. The third-order valence-electron chi connectivity index (χ3n) is 4.61. The van der Waals surface area contributed by atoms with Gasteiger partial charge in [-0.15, -0.1) is 0 Å². The Balaban J connectivity index is 1.53. The average molecular weight is 421 g/mol. The van der Waals surface area contributed by atoms with E-state index in [0.717, 1.165) is 22.2 Å². The van der Waals surface area contributed by atoms with Crippen molar-refractivity contribution >= 4 is 57.8 Å². The van der Waals surface area contributed by atoms with Gasteiger partial charge in [-0.05, 0) is 23.8 Å². The highest BCUT2D eigenvalue weighted by atomic mass is 32.2. The molecule has 0 spiro atoms. The SMILES string of the molecule is O=C1CC(N2C(=O)C(=CC=Cc3ccccc3)SC2=S)C(=O)N1c1ccccc1. The summed E-state index contributed by atoms with van der Waals surface area (Å²) in [5, 5.41) is 0. The van der Waals surface area contributed by atoms with Crippen LogP contribution < -0.4 is 4.90 Å². The smallest absolute Gasteiger partial charge is 0.266 e. The van der Waals surface area contributed by atoms with Crippen LogP contribution in [0.1, 0.15) is 12.0 Å². The van der Waals surface area contributed by atoms with Crippen LogP contribution >= 0.6 is 24.0 Å². The Morgan fingerprint density at radius 3 is 2.31 bits per heavy atom. The molecule has 2 aromatic carbocycles. The predicted molar refractivity (Wildman–Crippen MR) is 118 cm³/mol. The monoisotopic (exact) mass is 420 g/mol. The molecule has 4 rings (SSSR count). The Kier molecular flexibility index (Phi) is 5.42. The maximum absolute atomic E-state index is 12.9. The molecule has 0 radical (unpaired) electrons.